The van der Waals surface area contributed by atoms with Crippen molar-refractivity contribution >= 4 is 17.2 Å². The zero-order chi connectivity index (χ0) is 20.2. The van der Waals surface area contributed by atoms with Gasteiger partial charge >= 0.3 is 0 Å². The van der Waals surface area contributed by atoms with Gasteiger partial charge in [0.15, 0.2) is 0 Å². The van der Waals surface area contributed by atoms with Gasteiger partial charge in [-0.1, -0.05) is 0 Å². The Hall–Kier alpha value is -2.97. The monoisotopic (exact) mass is 391 g/mol. The summed E-state index contributed by atoms with van der Waals surface area (Å²) >= 11 is 0. The Morgan fingerprint density at radius 3 is 2.75 bits per heavy atom. The minimum atomic E-state index is -2.47. The van der Waals surface area contributed by atoms with Crippen LogP contribution in [0.5, 0.6) is 5.88 Å². The second-order valence-corrected chi connectivity index (χ2v) is 6.98. The van der Waals surface area contributed by atoms with Crippen molar-refractivity contribution in [2.45, 2.75) is 31.7 Å². The van der Waals surface area contributed by atoms with Gasteiger partial charge in [0.1, 0.15) is 11.3 Å². The molecule has 1 aliphatic heterocycles. The molecule has 0 saturated carbocycles. The molecule has 0 aliphatic carbocycles. The quantitative estimate of drug-likeness (QED) is 0.734. The molecule has 3 heterocycles. The number of nitrogens with two attached hydrogens (primary N) is 1. The maximum Gasteiger partial charge on any atom is 0.243 e. The summed E-state index contributed by atoms with van der Waals surface area (Å²) in [5.74, 6) is -0.618. The van der Waals surface area contributed by atoms with Crippen LogP contribution in [-0.4, -0.2) is 41.2 Å². The normalized spacial score (nSPS) is 18.9. The van der Waals surface area contributed by atoms with Crippen LogP contribution in [0.3, 0.4) is 0 Å². The Bertz CT molecular complexity index is 1050. The van der Waals surface area contributed by atoms with E-state index in [1.54, 1.807) is 30.3 Å². The van der Waals surface area contributed by atoms with E-state index in [2.05, 4.69) is 10.1 Å². The molecule has 148 valence electrons. The minimum Gasteiger partial charge on any atom is -0.479 e. The third kappa shape index (κ3) is 2.73. The van der Waals surface area contributed by atoms with E-state index in [4.69, 9.17) is 10.5 Å². The van der Waals surface area contributed by atoms with Gasteiger partial charge in [0.05, 0.1) is 12.8 Å². The summed E-state index contributed by atoms with van der Waals surface area (Å²) in [6.45, 7) is 1.83. The van der Waals surface area contributed by atoms with E-state index in [1.165, 1.54) is 17.7 Å². The van der Waals surface area contributed by atoms with Crippen LogP contribution in [0.25, 0.3) is 16.6 Å². The molecule has 2 aromatic heterocycles. The van der Waals surface area contributed by atoms with Crippen LogP contribution < -0.4 is 15.4 Å². The fourth-order valence-corrected chi connectivity index (χ4v) is 4.06. The first-order valence-corrected chi connectivity index (χ1v) is 8.85. The fraction of sp³-hybridized carbons (Fsp3) is 0.368. The molecule has 4 rings (SSSR count). The Morgan fingerprint density at radius 2 is 2.07 bits per heavy atom. The summed E-state index contributed by atoms with van der Waals surface area (Å²) in [7, 11) is 3.18. The van der Waals surface area contributed by atoms with Crippen molar-refractivity contribution in [1.29, 1.82) is 0 Å². The molecule has 3 aromatic rings. The Kier molecular flexibility index (Phi) is 4.32. The van der Waals surface area contributed by atoms with Gasteiger partial charge in [0.2, 0.25) is 18.3 Å². The highest BCUT2D eigenvalue weighted by Gasteiger charge is 2.37. The van der Waals surface area contributed by atoms with Crippen LogP contribution in [0.15, 0.2) is 24.4 Å². The van der Waals surface area contributed by atoms with Crippen molar-refractivity contribution in [3.8, 4) is 17.0 Å². The summed E-state index contributed by atoms with van der Waals surface area (Å²) in [6.07, 6.45) is -1.12. The van der Waals surface area contributed by atoms with Gasteiger partial charge in [0.25, 0.3) is 0 Å². The zero-order valence-electron chi connectivity index (χ0n) is 15.7. The van der Waals surface area contributed by atoms with Crippen molar-refractivity contribution in [2.24, 2.45) is 0 Å². The topological polar surface area (TPSA) is 68.7 Å². The highest BCUT2D eigenvalue weighted by atomic mass is 19.3. The Labute approximate surface area is 159 Å². The Morgan fingerprint density at radius 1 is 1.32 bits per heavy atom. The van der Waals surface area contributed by atoms with Crippen molar-refractivity contribution in [3.05, 3.63) is 35.8 Å². The number of nitrogens with zero attached hydrogens (tertiary/aromatic N) is 4. The molecule has 0 radical (unpaired) electrons. The number of anilines is 2. The molecule has 0 saturated heterocycles. The van der Waals surface area contributed by atoms with Crippen LogP contribution in [0.2, 0.25) is 0 Å². The van der Waals surface area contributed by atoms with Gasteiger partial charge in [-0.3, -0.25) is 0 Å². The highest BCUT2D eigenvalue weighted by molar-refractivity contribution is 5.86. The SMILES string of the molecule is COc1nc(N)nn2ccc(-c3cc(F)c4c(c3)[C@H](CC(F)F)C(C)N4C)c12. The maximum absolute atomic E-state index is 15.0. The van der Waals surface area contributed by atoms with Crippen LogP contribution in [0.1, 0.15) is 24.8 Å². The van der Waals surface area contributed by atoms with Crippen LogP contribution in [0, 0.1) is 5.82 Å². The van der Waals surface area contributed by atoms with Crippen molar-refractivity contribution in [3.63, 3.8) is 0 Å². The van der Waals surface area contributed by atoms with Crippen LogP contribution in [0.4, 0.5) is 24.8 Å². The average Bonchev–Trinajstić information content (AvgIpc) is 3.16. The molecular formula is C19H20F3N5O. The Balaban J connectivity index is 1.91. The zero-order valence-corrected chi connectivity index (χ0v) is 15.7. The third-order valence-electron chi connectivity index (χ3n) is 5.47. The van der Waals surface area contributed by atoms with Gasteiger partial charge in [-0.15, -0.1) is 5.10 Å². The first-order valence-electron chi connectivity index (χ1n) is 8.85. The second-order valence-electron chi connectivity index (χ2n) is 6.98. The number of halogens is 3. The molecule has 9 heteroatoms. The number of nitrogen functional groups attached to an aromatic ring is 1. The summed E-state index contributed by atoms with van der Waals surface area (Å²) in [5, 5.41) is 4.11. The molecule has 0 fully saturated rings. The molecule has 1 aromatic carbocycles. The van der Waals surface area contributed by atoms with E-state index in [9.17, 15) is 8.78 Å². The van der Waals surface area contributed by atoms with E-state index in [0.717, 1.165) is 0 Å². The van der Waals surface area contributed by atoms with E-state index in [-0.39, 0.29) is 24.3 Å². The number of likely N-dealkylation sites (N-methyl/N-ethyl adjacent to an activating group) is 1. The van der Waals surface area contributed by atoms with Gasteiger partial charge < -0.3 is 15.4 Å². The second kappa shape index (κ2) is 6.57. The highest BCUT2D eigenvalue weighted by Crippen LogP contribution is 2.46. The summed E-state index contributed by atoms with van der Waals surface area (Å²) in [5.41, 5.74) is 8.35. The largest absolute Gasteiger partial charge is 0.479 e. The molecule has 1 unspecified atom stereocenters. The first kappa shape index (κ1) is 18.4. The van der Waals surface area contributed by atoms with Gasteiger partial charge in [0, 0.05) is 37.2 Å². The lowest BCUT2D eigenvalue weighted by molar-refractivity contribution is 0.125. The molecule has 2 N–H and O–H groups in total. The predicted molar refractivity (Wildman–Crippen MR) is 101 cm³/mol. The summed E-state index contributed by atoms with van der Waals surface area (Å²) in [4.78, 5) is 5.80. The average molecular weight is 391 g/mol. The number of alkyl halides is 2. The van der Waals surface area contributed by atoms with E-state index in [0.29, 0.717) is 27.9 Å². The van der Waals surface area contributed by atoms with Crippen LogP contribution >= 0.6 is 0 Å². The predicted octanol–water partition coefficient (Wildman–Crippen LogP) is 3.70. The smallest absolute Gasteiger partial charge is 0.243 e. The number of hydrogen-bond donors (Lipinski definition) is 1. The fourth-order valence-electron chi connectivity index (χ4n) is 4.06. The molecule has 0 spiro atoms. The number of benzene rings is 1. The molecule has 1 aliphatic rings. The third-order valence-corrected chi connectivity index (χ3v) is 5.47. The lowest BCUT2D eigenvalue weighted by Crippen LogP contribution is -2.28. The number of aromatic nitrogens is 3. The van der Waals surface area contributed by atoms with Gasteiger partial charge in [-0.25, -0.2) is 17.7 Å². The number of rotatable bonds is 4. The summed E-state index contributed by atoms with van der Waals surface area (Å²) < 4.78 is 48.1. The first-order chi connectivity index (χ1) is 13.3. The summed E-state index contributed by atoms with van der Waals surface area (Å²) in [6, 6.07) is 4.70. The van der Waals surface area contributed by atoms with Crippen LogP contribution in [-0.2, 0) is 0 Å². The number of methoxy groups -OCH3 is 1. The lowest BCUT2D eigenvalue weighted by atomic mass is 9.90. The van der Waals surface area contributed by atoms with E-state index >= 15 is 4.39 Å². The molecule has 6 nitrogen and oxygen atoms in total. The van der Waals surface area contributed by atoms with Crippen molar-refractivity contribution < 1.29 is 17.9 Å². The van der Waals surface area contributed by atoms with Gasteiger partial charge in [-0.05, 0) is 36.2 Å². The number of fused-ring (bicyclic) bond motifs is 2. The van der Waals surface area contributed by atoms with Crippen molar-refractivity contribution in [1.82, 2.24) is 14.6 Å². The number of hydrogen-bond acceptors (Lipinski definition) is 5. The van der Waals surface area contributed by atoms with E-state index in [1.807, 2.05) is 6.92 Å². The molecule has 28 heavy (non-hydrogen) atoms. The molecule has 2 atom stereocenters. The lowest BCUT2D eigenvalue weighted by Gasteiger charge is -2.22. The van der Waals surface area contributed by atoms with Crippen molar-refractivity contribution in [2.75, 3.05) is 24.8 Å². The number of ether oxygens (including phenoxy) is 1. The maximum atomic E-state index is 15.0. The molecular weight excluding hydrogens is 371 g/mol. The molecule has 0 bridgehead atoms. The van der Waals surface area contributed by atoms with Gasteiger partial charge in [-0.2, -0.15) is 4.98 Å². The minimum absolute atomic E-state index is 0.0408. The van der Waals surface area contributed by atoms with E-state index < -0.39 is 18.2 Å². The standard InChI is InChI=1S/C19H20F3N5O/c1-9-12(8-15(21)22)13-6-10(7-14(20)16(13)26(9)2)11-4-5-27-17(11)18(28-3)24-19(23)25-27/h4-7,9,12,15H,8H2,1-3H3,(H2,23,25)/t9?,12-/m1/s1. The molecule has 0 amide bonds.